The van der Waals surface area contributed by atoms with E-state index in [1.165, 1.54) is 27.6 Å². The molecule has 2 atom stereocenters. The molecule has 1 N–H and O–H groups in total. The van der Waals surface area contributed by atoms with Crippen LogP contribution in [-0.2, 0) is 6.42 Å². The van der Waals surface area contributed by atoms with Crippen LogP contribution in [0.1, 0.15) is 36.4 Å². The fourth-order valence-electron chi connectivity index (χ4n) is 6.28. The van der Waals surface area contributed by atoms with Crippen LogP contribution in [0.25, 0.3) is 10.8 Å². The highest BCUT2D eigenvalue weighted by atomic mass is 16.3. The fraction of sp³-hybridized carbons (Fsp3) is 0.385. The van der Waals surface area contributed by atoms with Crippen molar-refractivity contribution >= 4 is 16.5 Å². The lowest BCUT2D eigenvalue weighted by Crippen LogP contribution is -2.57. The first-order valence-electron chi connectivity index (χ1n) is 11.0. The topological polar surface area (TPSA) is 26.7 Å². The van der Waals surface area contributed by atoms with Gasteiger partial charge in [0.15, 0.2) is 0 Å². The van der Waals surface area contributed by atoms with Crippen molar-refractivity contribution in [2.45, 2.75) is 43.4 Å². The van der Waals surface area contributed by atoms with Crippen molar-refractivity contribution < 1.29 is 5.11 Å². The molecule has 1 aliphatic carbocycles. The van der Waals surface area contributed by atoms with E-state index in [2.05, 4.69) is 76.5 Å². The third kappa shape index (κ3) is 2.57. The number of benzene rings is 3. The summed E-state index contributed by atoms with van der Waals surface area (Å²) >= 11 is 0. The van der Waals surface area contributed by atoms with E-state index in [4.69, 9.17) is 0 Å². The number of aliphatic hydroxyl groups is 1. The van der Waals surface area contributed by atoms with E-state index in [9.17, 15) is 5.11 Å². The Kier molecular flexibility index (Phi) is 3.97. The summed E-state index contributed by atoms with van der Waals surface area (Å²) in [6.45, 7) is 3.06. The minimum Gasteiger partial charge on any atom is -0.391 e. The van der Waals surface area contributed by atoms with Crippen LogP contribution in [0, 0.1) is 0 Å². The molecule has 0 amide bonds. The van der Waals surface area contributed by atoms with Gasteiger partial charge in [-0.1, -0.05) is 54.6 Å². The largest absolute Gasteiger partial charge is 0.391 e. The van der Waals surface area contributed by atoms with Crippen LogP contribution in [0.2, 0.25) is 0 Å². The molecule has 2 fully saturated rings. The molecule has 29 heavy (non-hydrogen) atoms. The van der Waals surface area contributed by atoms with Crippen LogP contribution in [0.4, 0.5) is 5.69 Å². The number of likely N-dealkylation sites (tertiary alicyclic amines) is 1. The molecule has 2 heterocycles. The Bertz CT molecular complexity index is 1030. The summed E-state index contributed by atoms with van der Waals surface area (Å²) < 4.78 is 0. The summed E-state index contributed by atoms with van der Waals surface area (Å²) in [7, 11) is 0. The van der Waals surface area contributed by atoms with Crippen molar-refractivity contribution in [1.82, 2.24) is 4.90 Å². The number of aliphatic hydroxyl groups excluding tert-OH is 1. The number of rotatable bonds is 2. The number of hydrogen-bond acceptors (Lipinski definition) is 3. The van der Waals surface area contributed by atoms with Crippen LogP contribution in [0.3, 0.4) is 0 Å². The molecule has 2 saturated heterocycles. The monoisotopic (exact) mass is 384 g/mol. The summed E-state index contributed by atoms with van der Waals surface area (Å²) in [6.07, 6.45) is 3.84. The van der Waals surface area contributed by atoms with Crippen molar-refractivity contribution in [1.29, 1.82) is 0 Å². The maximum Gasteiger partial charge on any atom is 0.0789 e. The van der Waals surface area contributed by atoms with E-state index in [1.807, 2.05) is 0 Å². The molecular formula is C26H28N2O. The Morgan fingerprint density at radius 3 is 2.38 bits per heavy atom. The first-order valence-corrected chi connectivity index (χ1v) is 11.0. The molecule has 148 valence electrons. The molecule has 0 aromatic heterocycles. The minimum absolute atomic E-state index is 0.102. The second-order valence-electron chi connectivity index (χ2n) is 9.01. The Labute approximate surface area is 172 Å². The maximum atomic E-state index is 11.0. The third-order valence-corrected chi connectivity index (χ3v) is 7.75. The van der Waals surface area contributed by atoms with E-state index >= 15 is 0 Å². The van der Waals surface area contributed by atoms with Crippen molar-refractivity contribution in [2.24, 2.45) is 0 Å². The standard InChI is InChI=1S/C26H28N2O/c29-24-12-15-28(21-9-2-1-3-10-21)26(24)13-16-27(17-14-26)23-18-20-8-4-6-19-7-5-11-22(23)25(19)20/h1-11,23-24,29H,12-18H2. The number of nitrogens with zero attached hydrogens (tertiary/aromatic N) is 2. The van der Waals surface area contributed by atoms with Crippen molar-refractivity contribution in [2.75, 3.05) is 24.5 Å². The molecule has 3 nitrogen and oxygen atoms in total. The first-order chi connectivity index (χ1) is 14.3. The van der Waals surface area contributed by atoms with E-state index in [-0.39, 0.29) is 11.6 Å². The van der Waals surface area contributed by atoms with Gasteiger partial charge in [-0.25, -0.2) is 0 Å². The zero-order chi connectivity index (χ0) is 19.4. The highest BCUT2D eigenvalue weighted by molar-refractivity contribution is 5.91. The summed E-state index contributed by atoms with van der Waals surface area (Å²) in [4.78, 5) is 5.17. The van der Waals surface area contributed by atoms with Gasteiger partial charge < -0.3 is 10.0 Å². The van der Waals surface area contributed by atoms with Gasteiger partial charge in [-0.05, 0) is 59.7 Å². The fourth-order valence-corrected chi connectivity index (χ4v) is 6.28. The number of anilines is 1. The molecule has 3 aliphatic rings. The van der Waals surface area contributed by atoms with Gasteiger partial charge in [-0.15, -0.1) is 0 Å². The van der Waals surface area contributed by atoms with Gasteiger partial charge in [0.1, 0.15) is 0 Å². The van der Waals surface area contributed by atoms with Gasteiger partial charge in [-0.3, -0.25) is 4.90 Å². The lowest BCUT2D eigenvalue weighted by atomic mass is 9.81. The van der Waals surface area contributed by atoms with Crippen molar-refractivity contribution in [3.63, 3.8) is 0 Å². The van der Waals surface area contributed by atoms with Gasteiger partial charge in [-0.2, -0.15) is 0 Å². The summed E-state index contributed by atoms with van der Waals surface area (Å²) in [6, 6.07) is 24.7. The predicted molar refractivity (Wildman–Crippen MR) is 118 cm³/mol. The Morgan fingerprint density at radius 1 is 0.828 bits per heavy atom. The quantitative estimate of drug-likeness (QED) is 0.703. The maximum absolute atomic E-state index is 11.0. The van der Waals surface area contributed by atoms with Crippen molar-refractivity contribution in [3.8, 4) is 0 Å². The highest BCUT2D eigenvalue weighted by Gasteiger charge is 2.50. The molecule has 3 aromatic carbocycles. The minimum atomic E-state index is -0.228. The van der Waals surface area contributed by atoms with Gasteiger partial charge in [0.2, 0.25) is 0 Å². The van der Waals surface area contributed by atoms with Crippen LogP contribution >= 0.6 is 0 Å². The molecule has 1 spiro atoms. The molecule has 2 unspecified atom stereocenters. The zero-order valence-electron chi connectivity index (χ0n) is 16.8. The zero-order valence-corrected chi connectivity index (χ0v) is 16.8. The number of hydrogen-bond donors (Lipinski definition) is 1. The smallest absolute Gasteiger partial charge is 0.0789 e. The average Bonchev–Trinajstić information content (AvgIpc) is 3.30. The second kappa shape index (κ2) is 6.58. The summed E-state index contributed by atoms with van der Waals surface area (Å²) in [5.41, 5.74) is 4.15. The van der Waals surface area contributed by atoms with Crippen LogP contribution in [0.5, 0.6) is 0 Å². The van der Waals surface area contributed by atoms with Crippen LogP contribution in [0.15, 0.2) is 66.7 Å². The Hall–Kier alpha value is -2.36. The van der Waals surface area contributed by atoms with Gasteiger partial charge in [0.05, 0.1) is 11.6 Å². The normalized spacial score (nSPS) is 25.9. The molecular weight excluding hydrogens is 356 g/mol. The van der Waals surface area contributed by atoms with Gasteiger partial charge in [0, 0.05) is 31.4 Å². The molecule has 0 saturated carbocycles. The summed E-state index contributed by atoms with van der Waals surface area (Å²) in [5.74, 6) is 0. The molecule has 3 heteroatoms. The Morgan fingerprint density at radius 2 is 1.59 bits per heavy atom. The summed E-state index contributed by atoms with van der Waals surface area (Å²) in [5, 5.41) is 13.8. The molecule has 3 aromatic rings. The molecule has 6 rings (SSSR count). The number of piperidine rings is 1. The van der Waals surface area contributed by atoms with E-state index in [0.29, 0.717) is 6.04 Å². The molecule has 0 radical (unpaired) electrons. The van der Waals surface area contributed by atoms with E-state index in [1.54, 1.807) is 0 Å². The Balaban J connectivity index is 1.27. The van der Waals surface area contributed by atoms with E-state index in [0.717, 1.165) is 45.3 Å². The number of para-hydroxylation sites is 1. The lowest BCUT2D eigenvalue weighted by Gasteiger charge is -2.49. The van der Waals surface area contributed by atoms with Crippen molar-refractivity contribution in [3.05, 3.63) is 77.9 Å². The van der Waals surface area contributed by atoms with Crippen LogP contribution in [-0.4, -0.2) is 41.3 Å². The van der Waals surface area contributed by atoms with Crippen LogP contribution < -0.4 is 4.90 Å². The highest BCUT2D eigenvalue weighted by Crippen LogP contribution is 2.46. The van der Waals surface area contributed by atoms with Gasteiger partial charge >= 0.3 is 0 Å². The second-order valence-corrected chi connectivity index (χ2v) is 9.01. The van der Waals surface area contributed by atoms with Gasteiger partial charge in [0.25, 0.3) is 0 Å². The average molecular weight is 385 g/mol. The molecule has 0 bridgehead atoms. The first kappa shape index (κ1) is 17.5. The third-order valence-electron chi connectivity index (χ3n) is 7.75. The van der Waals surface area contributed by atoms with E-state index < -0.39 is 0 Å². The molecule has 2 aliphatic heterocycles. The SMILES string of the molecule is OC1CCN(c2ccccc2)C12CCN(C1Cc3cccc4cccc1c34)CC2. The lowest BCUT2D eigenvalue weighted by molar-refractivity contribution is 0.0419. The predicted octanol–water partition coefficient (Wildman–Crippen LogP) is 4.54.